The van der Waals surface area contributed by atoms with E-state index >= 15 is 0 Å². The van der Waals surface area contributed by atoms with Gasteiger partial charge in [0, 0.05) is 24.6 Å². The first-order valence-electron chi connectivity index (χ1n) is 7.05. The highest BCUT2D eigenvalue weighted by atomic mass is 16.2. The lowest BCUT2D eigenvalue weighted by atomic mass is 10.2. The van der Waals surface area contributed by atoms with Crippen LogP contribution < -0.4 is 10.5 Å². The van der Waals surface area contributed by atoms with Gasteiger partial charge in [-0.2, -0.15) is 0 Å². The third kappa shape index (κ3) is 2.37. The fraction of sp³-hybridized carbons (Fsp3) is 0.118. The number of carbonyl (C=O) groups excluding carboxylic acids is 1. The number of para-hydroxylation sites is 1. The monoisotopic (exact) mass is 293 g/mol. The molecule has 1 amide bonds. The first-order chi connectivity index (χ1) is 10.7. The second kappa shape index (κ2) is 5.81. The van der Waals surface area contributed by atoms with E-state index in [1.54, 1.807) is 29.3 Å². The van der Waals surface area contributed by atoms with E-state index in [2.05, 4.69) is 4.98 Å². The summed E-state index contributed by atoms with van der Waals surface area (Å²) in [6, 6.07) is 14.5. The molecule has 0 atom stereocenters. The summed E-state index contributed by atoms with van der Waals surface area (Å²) < 4.78 is 1.38. The van der Waals surface area contributed by atoms with Gasteiger partial charge in [0.2, 0.25) is 0 Å². The number of benzene rings is 1. The zero-order chi connectivity index (χ0) is 15.5. The van der Waals surface area contributed by atoms with Crippen molar-refractivity contribution >= 4 is 17.2 Å². The summed E-state index contributed by atoms with van der Waals surface area (Å²) in [6.07, 6.45) is 2.96. The van der Waals surface area contributed by atoms with Crippen LogP contribution in [0.1, 0.15) is 17.3 Å². The second-order valence-electron chi connectivity index (χ2n) is 4.79. The molecule has 0 N–H and O–H groups in total. The van der Waals surface area contributed by atoms with Crippen molar-refractivity contribution in [1.82, 2.24) is 9.38 Å². The molecule has 0 unspecified atom stereocenters. The van der Waals surface area contributed by atoms with E-state index in [9.17, 15) is 9.59 Å². The molecule has 110 valence electrons. The summed E-state index contributed by atoms with van der Waals surface area (Å²) >= 11 is 0. The summed E-state index contributed by atoms with van der Waals surface area (Å²) in [6.45, 7) is 2.34. The highest BCUT2D eigenvalue weighted by Crippen LogP contribution is 2.15. The molecule has 0 radical (unpaired) electrons. The zero-order valence-corrected chi connectivity index (χ0v) is 12.1. The standard InChI is InChI=1S/C17H15N3O2/c1-2-19(13-8-4-3-5-9-13)16(21)14-12-18-15-10-6-7-11-20(15)17(14)22/h3-12H,2H2,1H3. The average molecular weight is 293 g/mol. The third-order valence-electron chi connectivity index (χ3n) is 3.47. The highest BCUT2D eigenvalue weighted by molar-refractivity contribution is 6.05. The van der Waals surface area contributed by atoms with Gasteiger partial charge in [-0.1, -0.05) is 24.3 Å². The maximum atomic E-state index is 12.7. The Hall–Kier alpha value is -2.95. The molecular formula is C17H15N3O2. The van der Waals surface area contributed by atoms with Gasteiger partial charge in [-0.25, -0.2) is 4.98 Å². The molecule has 2 aromatic heterocycles. The lowest BCUT2D eigenvalue weighted by Crippen LogP contribution is -2.35. The molecular weight excluding hydrogens is 278 g/mol. The molecule has 2 heterocycles. The second-order valence-corrected chi connectivity index (χ2v) is 4.79. The number of anilines is 1. The zero-order valence-electron chi connectivity index (χ0n) is 12.1. The predicted octanol–water partition coefficient (Wildman–Crippen LogP) is 2.36. The van der Waals surface area contributed by atoms with Gasteiger partial charge in [-0.15, -0.1) is 0 Å². The Morgan fingerprint density at radius 3 is 2.59 bits per heavy atom. The van der Waals surface area contributed by atoms with Gasteiger partial charge in [0.15, 0.2) is 0 Å². The Morgan fingerprint density at radius 2 is 1.86 bits per heavy atom. The Labute approximate surface area is 127 Å². The van der Waals surface area contributed by atoms with Gasteiger partial charge < -0.3 is 4.90 Å². The minimum absolute atomic E-state index is 0.0643. The molecule has 1 aromatic carbocycles. The molecule has 0 fully saturated rings. The summed E-state index contributed by atoms with van der Waals surface area (Å²) in [5.41, 5.74) is 0.985. The fourth-order valence-electron chi connectivity index (χ4n) is 2.37. The van der Waals surface area contributed by atoms with E-state index in [1.165, 1.54) is 10.6 Å². The highest BCUT2D eigenvalue weighted by Gasteiger charge is 2.20. The number of hydrogen-bond acceptors (Lipinski definition) is 3. The van der Waals surface area contributed by atoms with E-state index in [1.807, 2.05) is 37.3 Å². The number of pyridine rings is 1. The van der Waals surface area contributed by atoms with E-state index < -0.39 is 0 Å². The van der Waals surface area contributed by atoms with E-state index in [0.29, 0.717) is 12.2 Å². The number of hydrogen-bond donors (Lipinski definition) is 0. The molecule has 3 rings (SSSR count). The van der Waals surface area contributed by atoms with Crippen LogP contribution in [-0.2, 0) is 0 Å². The van der Waals surface area contributed by atoms with Crippen LogP contribution in [0.2, 0.25) is 0 Å². The van der Waals surface area contributed by atoms with E-state index in [0.717, 1.165) is 5.69 Å². The van der Waals surface area contributed by atoms with Crippen molar-refractivity contribution in [2.45, 2.75) is 6.92 Å². The molecule has 0 aliphatic rings. The van der Waals surface area contributed by atoms with E-state index in [4.69, 9.17) is 0 Å². The van der Waals surface area contributed by atoms with Crippen LogP contribution in [0.15, 0.2) is 65.7 Å². The van der Waals surface area contributed by atoms with Gasteiger partial charge in [0.1, 0.15) is 11.2 Å². The van der Waals surface area contributed by atoms with Crippen molar-refractivity contribution in [3.63, 3.8) is 0 Å². The molecule has 3 aromatic rings. The van der Waals surface area contributed by atoms with Gasteiger partial charge in [-0.3, -0.25) is 14.0 Å². The Balaban J connectivity index is 2.08. The van der Waals surface area contributed by atoms with Crippen LogP contribution in [0.4, 0.5) is 5.69 Å². The molecule has 0 aliphatic heterocycles. The summed E-state index contributed by atoms with van der Waals surface area (Å²) in [5.74, 6) is -0.343. The predicted molar refractivity (Wildman–Crippen MR) is 85.3 cm³/mol. The number of fused-ring (bicyclic) bond motifs is 1. The molecule has 0 saturated heterocycles. The van der Waals surface area contributed by atoms with Crippen LogP contribution in [-0.4, -0.2) is 21.8 Å². The van der Waals surface area contributed by atoms with Crippen molar-refractivity contribution < 1.29 is 4.79 Å². The number of amides is 1. The molecule has 0 saturated carbocycles. The normalized spacial score (nSPS) is 10.6. The summed E-state index contributed by atoms with van der Waals surface area (Å²) in [7, 11) is 0. The average Bonchev–Trinajstić information content (AvgIpc) is 2.57. The van der Waals surface area contributed by atoms with Crippen molar-refractivity contribution in [1.29, 1.82) is 0 Å². The number of rotatable bonds is 3. The minimum Gasteiger partial charge on any atom is -0.308 e. The van der Waals surface area contributed by atoms with Crippen molar-refractivity contribution in [2.24, 2.45) is 0 Å². The maximum absolute atomic E-state index is 12.7. The minimum atomic E-state index is -0.356. The van der Waals surface area contributed by atoms with Gasteiger partial charge in [0.05, 0.1) is 0 Å². The Bertz CT molecular complexity index is 872. The van der Waals surface area contributed by atoms with Crippen LogP contribution in [0.3, 0.4) is 0 Å². The fourth-order valence-corrected chi connectivity index (χ4v) is 2.37. The van der Waals surface area contributed by atoms with Crippen molar-refractivity contribution in [3.05, 3.63) is 76.8 Å². The van der Waals surface area contributed by atoms with Crippen molar-refractivity contribution in [2.75, 3.05) is 11.4 Å². The van der Waals surface area contributed by atoms with Gasteiger partial charge in [-0.05, 0) is 31.2 Å². The summed E-state index contributed by atoms with van der Waals surface area (Å²) in [5, 5.41) is 0. The van der Waals surface area contributed by atoms with E-state index in [-0.39, 0.29) is 17.0 Å². The number of carbonyl (C=O) groups is 1. The van der Waals surface area contributed by atoms with Gasteiger partial charge in [0.25, 0.3) is 11.5 Å². The lowest BCUT2D eigenvalue weighted by molar-refractivity contribution is 0.0986. The Kier molecular flexibility index (Phi) is 3.70. The van der Waals surface area contributed by atoms with Crippen LogP contribution in [0.5, 0.6) is 0 Å². The quantitative estimate of drug-likeness (QED) is 0.745. The molecule has 5 nitrogen and oxygen atoms in total. The van der Waals surface area contributed by atoms with Crippen molar-refractivity contribution in [3.8, 4) is 0 Å². The molecule has 0 aliphatic carbocycles. The summed E-state index contributed by atoms with van der Waals surface area (Å²) in [4.78, 5) is 31.0. The first-order valence-corrected chi connectivity index (χ1v) is 7.05. The topological polar surface area (TPSA) is 54.7 Å². The van der Waals surface area contributed by atoms with Gasteiger partial charge >= 0.3 is 0 Å². The van der Waals surface area contributed by atoms with Crippen LogP contribution >= 0.6 is 0 Å². The molecule has 0 bridgehead atoms. The smallest absolute Gasteiger partial charge is 0.270 e. The molecule has 5 heteroatoms. The van der Waals surface area contributed by atoms with Crippen LogP contribution in [0, 0.1) is 0 Å². The van der Waals surface area contributed by atoms with Crippen LogP contribution in [0.25, 0.3) is 5.65 Å². The number of aromatic nitrogens is 2. The largest absolute Gasteiger partial charge is 0.308 e. The number of nitrogens with zero attached hydrogens (tertiary/aromatic N) is 3. The lowest BCUT2D eigenvalue weighted by Gasteiger charge is -2.20. The SMILES string of the molecule is CCN(C(=O)c1cnc2ccccn2c1=O)c1ccccc1. The first kappa shape index (κ1) is 14.0. The molecule has 22 heavy (non-hydrogen) atoms. The maximum Gasteiger partial charge on any atom is 0.270 e. The third-order valence-corrected chi connectivity index (χ3v) is 3.47. The Morgan fingerprint density at radius 1 is 1.14 bits per heavy atom. The molecule has 0 spiro atoms.